The van der Waals surface area contributed by atoms with E-state index in [-0.39, 0.29) is 13.0 Å². The molecule has 0 aliphatic heterocycles. The largest absolute Gasteiger partial charge is 0.480 e. The van der Waals surface area contributed by atoms with Crippen molar-refractivity contribution < 1.29 is 45.3 Å². The number of carboxylic acid groups (broad SMARTS) is 4. The third-order valence-electron chi connectivity index (χ3n) is 3.72. The van der Waals surface area contributed by atoms with E-state index in [2.05, 4.69) is 5.73 Å². The molecule has 0 aliphatic rings. The van der Waals surface area contributed by atoms with Crippen molar-refractivity contribution in [2.45, 2.75) is 12.5 Å². The zero-order valence-corrected chi connectivity index (χ0v) is 14.4. The van der Waals surface area contributed by atoms with E-state index in [4.69, 9.17) is 15.3 Å². The van der Waals surface area contributed by atoms with Crippen molar-refractivity contribution in [2.75, 3.05) is 26.2 Å². The van der Waals surface area contributed by atoms with Gasteiger partial charge in [0.05, 0.1) is 13.1 Å². The third-order valence-corrected chi connectivity index (χ3v) is 3.72. The summed E-state index contributed by atoms with van der Waals surface area (Å²) in [5.41, 5.74) is 5.18. The lowest BCUT2D eigenvalue weighted by atomic mass is 10.0. The quantitative estimate of drug-likeness (QED) is 0.319. The number of amides is 1. The predicted octanol–water partition coefficient (Wildman–Crippen LogP) is -0.993. The minimum absolute atomic E-state index is 0.129. The molecule has 0 aliphatic carbocycles. The highest BCUT2D eigenvalue weighted by Gasteiger charge is 2.28. The molecule has 0 bridgehead atoms. The Labute approximate surface area is 154 Å². The van der Waals surface area contributed by atoms with Crippen LogP contribution in [0.4, 0.5) is 10.5 Å². The standard InChI is InChI=1S/C16H21N3O8/c17-11-3-1-10(2-4-11)5-12(6-19(16(26)27)9-15(24)25)18(7-13(20)21)8-14(22)23/h1-4,12H,5-9,17H2,(H,20,21)(H,22,23)(H,24,25)(H,26,27)/p+1. The Morgan fingerprint density at radius 3 is 1.74 bits per heavy atom. The summed E-state index contributed by atoms with van der Waals surface area (Å²) in [7, 11) is 0. The van der Waals surface area contributed by atoms with Crippen LogP contribution in [0, 0.1) is 0 Å². The van der Waals surface area contributed by atoms with E-state index in [0.717, 1.165) is 10.6 Å². The van der Waals surface area contributed by atoms with E-state index in [1.807, 2.05) is 0 Å². The van der Waals surface area contributed by atoms with Gasteiger partial charge in [-0.2, -0.15) is 0 Å². The summed E-state index contributed by atoms with van der Waals surface area (Å²) in [6, 6.07) is 5.96. The first-order valence-corrected chi connectivity index (χ1v) is 7.86. The molecule has 0 saturated heterocycles. The fourth-order valence-corrected chi connectivity index (χ4v) is 2.55. The third kappa shape index (κ3) is 8.16. The molecule has 148 valence electrons. The summed E-state index contributed by atoms with van der Waals surface area (Å²) < 4.78 is 0. The molecule has 0 radical (unpaired) electrons. The number of carboxylic acids is 3. The monoisotopic (exact) mass is 384 g/mol. The second-order valence-corrected chi connectivity index (χ2v) is 5.92. The van der Waals surface area contributed by atoms with Gasteiger partial charge in [-0.15, -0.1) is 0 Å². The van der Waals surface area contributed by atoms with Gasteiger partial charge in [0.1, 0.15) is 12.2 Å². The van der Waals surface area contributed by atoms with Gasteiger partial charge in [0.2, 0.25) is 0 Å². The normalized spacial score (nSPS) is 11.8. The van der Waals surface area contributed by atoms with Gasteiger partial charge in [0.25, 0.3) is 0 Å². The highest BCUT2D eigenvalue weighted by atomic mass is 16.4. The van der Waals surface area contributed by atoms with Gasteiger partial charge >= 0.3 is 24.0 Å². The van der Waals surface area contributed by atoms with Crippen molar-refractivity contribution in [2.24, 2.45) is 0 Å². The topological polar surface area (TPSA) is 183 Å². The van der Waals surface area contributed by atoms with Crippen LogP contribution in [-0.4, -0.2) is 86.4 Å². The van der Waals surface area contributed by atoms with Gasteiger partial charge in [-0.25, -0.2) is 4.79 Å². The van der Waals surface area contributed by atoms with Crippen LogP contribution in [-0.2, 0) is 20.8 Å². The van der Waals surface area contributed by atoms with Crippen LogP contribution in [0.15, 0.2) is 24.3 Å². The molecule has 0 fully saturated rings. The molecule has 0 saturated carbocycles. The summed E-state index contributed by atoms with van der Waals surface area (Å²) in [6.07, 6.45) is -1.37. The van der Waals surface area contributed by atoms with Crippen LogP contribution in [0.1, 0.15) is 5.56 Å². The van der Waals surface area contributed by atoms with Crippen LogP contribution in [0.2, 0.25) is 0 Å². The number of hydrogen-bond donors (Lipinski definition) is 5. The molecule has 1 aromatic carbocycles. The fourth-order valence-electron chi connectivity index (χ4n) is 2.55. The van der Waals surface area contributed by atoms with Crippen LogP contribution in [0.3, 0.4) is 0 Å². The number of nitrogens with zero attached hydrogens (tertiary/aromatic N) is 2. The Bertz CT molecular complexity index is 675. The molecule has 1 amide bonds. The Morgan fingerprint density at radius 1 is 0.852 bits per heavy atom. The van der Waals surface area contributed by atoms with Gasteiger partial charge in [-0.05, 0) is 24.1 Å². The Kier molecular flexibility index (Phi) is 8.17. The maximum absolute atomic E-state index is 11.3. The number of benzene rings is 1. The van der Waals surface area contributed by atoms with E-state index in [1.54, 1.807) is 24.3 Å². The average molecular weight is 384 g/mol. The van der Waals surface area contributed by atoms with Crippen molar-refractivity contribution >= 4 is 29.7 Å². The SMILES string of the molecule is [NH3+]c1ccc(CC(CN(CC(=O)O)C(=O)O)N(CC(=O)O)CC(=O)O)cc1. The summed E-state index contributed by atoms with van der Waals surface area (Å²) in [6.45, 7) is -2.44. The molecule has 1 aromatic rings. The lowest BCUT2D eigenvalue weighted by molar-refractivity contribution is -0.254. The lowest BCUT2D eigenvalue weighted by Crippen LogP contribution is -2.51. The van der Waals surface area contributed by atoms with E-state index in [0.29, 0.717) is 10.5 Å². The first-order valence-electron chi connectivity index (χ1n) is 7.86. The number of hydrogen-bond acceptors (Lipinski definition) is 5. The van der Waals surface area contributed by atoms with E-state index in [1.165, 1.54) is 0 Å². The highest BCUT2D eigenvalue weighted by molar-refractivity contribution is 5.76. The summed E-state index contributed by atoms with van der Waals surface area (Å²) in [4.78, 5) is 46.2. The number of carbonyl (C=O) groups is 4. The lowest BCUT2D eigenvalue weighted by Gasteiger charge is -2.32. The van der Waals surface area contributed by atoms with Crippen LogP contribution >= 0.6 is 0 Å². The molecule has 0 heterocycles. The summed E-state index contributed by atoms with van der Waals surface area (Å²) in [5, 5.41) is 36.2. The van der Waals surface area contributed by atoms with Gasteiger partial charge in [-0.3, -0.25) is 24.2 Å². The maximum Gasteiger partial charge on any atom is 0.407 e. The van der Waals surface area contributed by atoms with Crippen LogP contribution in [0.25, 0.3) is 0 Å². The van der Waals surface area contributed by atoms with E-state index < -0.39 is 49.7 Å². The van der Waals surface area contributed by atoms with E-state index in [9.17, 15) is 24.3 Å². The molecule has 0 spiro atoms. The first kappa shape index (κ1) is 21.9. The van der Waals surface area contributed by atoms with Crippen molar-refractivity contribution in [1.82, 2.24) is 9.80 Å². The van der Waals surface area contributed by atoms with Gasteiger partial charge < -0.3 is 26.2 Å². The second-order valence-electron chi connectivity index (χ2n) is 5.92. The number of aliphatic carboxylic acids is 3. The maximum atomic E-state index is 11.3. The summed E-state index contributed by atoms with van der Waals surface area (Å²) in [5.74, 6) is -3.94. The highest BCUT2D eigenvalue weighted by Crippen LogP contribution is 2.13. The Balaban J connectivity index is 3.15. The zero-order valence-electron chi connectivity index (χ0n) is 14.4. The van der Waals surface area contributed by atoms with Crippen molar-refractivity contribution in [3.63, 3.8) is 0 Å². The van der Waals surface area contributed by atoms with E-state index >= 15 is 0 Å². The smallest absolute Gasteiger partial charge is 0.407 e. The van der Waals surface area contributed by atoms with Crippen molar-refractivity contribution in [3.05, 3.63) is 29.8 Å². The molecular weight excluding hydrogens is 362 g/mol. The van der Waals surface area contributed by atoms with Gasteiger partial charge in [0, 0.05) is 12.6 Å². The summed E-state index contributed by atoms with van der Waals surface area (Å²) >= 11 is 0. The number of rotatable bonds is 11. The molecule has 1 unspecified atom stereocenters. The van der Waals surface area contributed by atoms with Crippen LogP contribution < -0.4 is 5.73 Å². The fraction of sp³-hybridized carbons (Fsp3) is 0.375. The van der Waals surface area contributed by atoms with Crippen LogP contribution in [0.5, 0.6) is 0 Å². The molecule has 1 rings (SSSR count). The predicted molar refractivity (Wildman–Crippen MR) is 90.6 cm³/mol. The Morgan fingerprint density at radius 2 is 1.33 bits per heavy atom. The van der Waals surface area contributed by atoms with Gasteiger partial charge in [-0.1, -0.05) is 12.1 Å². The molecule has 7 N–H and O–H groups in total. The number of quaternary nitrogens is 1. The van der Waals surface area contributed by atoms with Crippen molar-refractivity contribution in [1.29, 1.82) is 0 Å². The molecule has 0 aromatic heterocycles. The minimum atomic E-state index is -1.50. The molecule has 27 heavy (non-hydrogen) atoms. The second kappa shape index (κ2) is 10.1. The molecule has 11 heteroatoms. The average Bonchev–Trinajstić information content (AvgIpc) is 2.53. The molecular formula is C16H22N3O8+. The first-order chi connectivity index (χ1) is 12.6. The molecule has 11 nitrogen and oxygen atoms in total. The zero-order chi connectivity index (χ0) is 20.6. The Hall–Kier alpha value is -3.18. The van der Waals surface area contributed by atoms with Crippen molar-refractivity contribution in [3.8, 4) is 0 Å². The minimum Gasteiger partial charge on any atom is -0.480 e. The molecule has 1 atom stereocenters. The van der Waals surface area contributed by atoms with Gasteiger partial charge in [0.15, 0.2) is 0 Å².